The van der Waals surface area contributed by atoms with Crippen LogP contribution in [0.15, 0.2) is 27.3 Å². The zero-order valence-electron chi connectivity index (χ0n) is 9.40. The highest BCUT2D eigenvalue weighted by Crippen LogP contribution is 2.14. The number of halogens is 1. The molecular weight excluding hydrogens is 290 g/mol. The van der Waals surface area contributed by atoms with Gasteiger partial charge in [-0.1, -0.05) is 0 Å². The monoisotopic (exact) mass is 301 g/mol. The van der Waals surface area contributed by atoms with E-state index in [-0.39, 0.29) is 0 Å². The fourth-order valence-electron chi connectivity index (χ4n) is 1.07. The molecule has 0 aliphatic carbocycles. The Bertz CT molecular complexity index is 438. The van der Waals surface area contributed by atoms with Gasteiger partial charge in [0, 0.05) is 6.08 Å². The van der Waals surface area contributed by atoms with Gasteiger partial charge in [0.1, 0.15) is 11.8 Å². The lowest BCUT2D eigenvalue weighted by atomic mass is 10.3. The summed E-state index contributed by atoms with van der Waals surface area (Å²) >= 11 is 3.15. The third kappa shape index (κ3) is 4.44. The van der Waals surface area contributed by atoms with Crippen molar-refractivity contribution in [2.24, 2.45) is 0 Å². The lowest BCUT2D eigenvalue weighted by Gasteiger charge is -2.08. The average Bonchev–Trinajstić information content (AvgIpc) is 2.71. The van der Waals surface area contributed by atoms with Gasteiger partial charge in [-0.05, 0) is 41.1 Å². The third-order valence-corrected chi connectivity index (χ3v) is 2.33. The fourth-order valence-corrected chi connectivity index (χ4v) is 1.39. The highest BCUT2D eigenvalue weighted by molar-refractivity contribution is 9.10. The van der Waals surface area contributed by atoms with E-state index in [1.54, 1.807) is 19.1 Å². The van der Waals surface area contributed by atoms with Gasteiger partial charge in [0.15, 0.2) is 4.67 Å². The molecule has 0 saturated carbocycles. The van der Waals surface area contributed by atoms with Crippen LogP contribution in [0.2, 0.25) is 0 Å². The lowest BCUT2D eigenvalue weighted by Crippen LogP contribution is -2.38. The Labute approximate surface area is 107 Å². The van der Waals surface area contributed by atoms with E-state index < -0.39 is 17.9 Å². The van der Waals surface area contributed by atoms with Gasteiger partial charge in [-0.25, -0.2) is 4.79 Å². The van der Waals surface area contributed by atoms with Crippen LogP contribution in [-0.4, -0.2) is 25.0 Å². The van der Waals surface area contributed by atoms with E-state index in [1.165, 1.54) is 19.3 Å². The molecule has 5 nitrogen and oxygen atoms in total. The van der Waals surface area contributed by atoms with Gasteiger partial charge in [0.25, 0.3) is 0 Å². The van der Waals surface area contributed by atoms with E-state index in [0.717, 1.165) is 0 Å². The quantitative estimate of drug-likeness (QED) is 0.679. The van der Waals surface area contributed by atoms with Crippen LogP contribution in [0.3, 0.4) is 0 Å². The first-order chi connectivity index (χ1) is 8.02. The first-order valence-electron chi connectivity index (χ1n) is 4.84. The maximum Gasteiger partial charge on any atom is 0.328 e. The molecule has 0 spiro atoms. The van der Waals surface area contributed by atoms with Crippen molar-refractivity contribution in [3.63, 3.8) is 0 Å². The van der Waals surface area contributed by atoms with Gasteiger partial charge < -0.3 is 14.5 Å². The average molecular weight is 302 g/mol. The van der Waals surface area contributed by atoms with Crippen LogP contribution >= 0.6 is 15.9 Å². The largest absolute Gasteiger partial charge is 0.467 e. The summed E-state index contributed by atoms with van der Waals surface area (Å²) in [6, 6.07) is 2.74. The molecule has 1 aromatic rings. The molecule has 0 bridgehead atoms. The van der Waals surface area contributed by atoms with E-state index in [9.17, 15) is 9.59 Å². The minimum absolute atomic E-state index is 0.393. The Morgan fingerprint density at radius 2 is 2.24 bits per heavy atom. The molecule has 0 saturated heterocycles. The minimum Gasteiger partial charge on any atom is -0.467 e. The van der Waals surface area contributed by atoms with Gasteiger partial charge in [-0.3, -0.25) is 4.79 Å². The second-order valence-electron chi connectivity index (χ2n) is 3.23. The number of amides is 1. The second kappa shape index (κ2) is 6.24. The molecule has 1 N–H and O–H groups in total. The number of furan rings is 1. The zero-order valence-corrected chi connectivity index (χ0v) is 11.0. The Morgan fingerprint density at radius 3 is 2.76 bits per heavy atom. The Kier molecular flexibility index (Phi) is 4.96. The molecule has 1 atom stereocenters. The Balaban J connectivity index is 2.50. The van der Waals surface area contributed by atoms with E-state index in [2.05, 4.69) is 26.0 Å². The topological polar surface area (TPSA) is 68.5 Å². The summed E-state index contributed by atoms with van der Waals surface area (Å²) in [5.41, 5.74) is 0. The molecule has 0 aromatic carbocycles. The van der Waals surface area contributed by atoms with E-state index in [0.29, 0.717) is 10.4 Å². The first-order valence-corrected chi connectivity index (χ1v) is 5.64. The van der Waals surface area contributed by atoms with Crippen molar-refractivity contribution in [2.45, 2.75) is 13.0 Å². The number of esters is 1. The van der Waals surface area contributed by atoms with Gasteiger partial charge in [0.05, 0.1) is 7.11 Å². The number of nitrogens with one attached hydrogen (secondary N) is 1. The van der Waals surface area contributed by atoms with Crippen molar-refractivity contribution in [1.82, 2.24) is 5.32 Å². The lowest BCUT2D eigenvalue weighted by molar-refractivity contribution is -0.144. The SMILES string of the molecule is COC(=O)[C@@H](C)NC(=O)/C=C\c1ccc(Br)o1. The molecule has 0 aliphatic heterocycles. The van der Waals surface area contributed by atoms with Gasteiger partial charge >= 0.3 is 5.97 Å². The molecule has 0 fully saturated rings. The van der Waals surface area contributed by atoms with Crippen LogP contribution in [0, 0.1) is 0 Å². The number of methoxy groups -OCH3 is 1. The molecule has 1 heterocycles. The van der Waals surface area contributed by atoms with Crippen LogP contribution in [0.5, 0.6) is 0 Å². The van der Waals surface area contributed by atoms with Crippen molar-refractivity contribution in [1.29, 1.82) is 0 Å². The number of carbonyl (C=O) groups is 2. The summed E-state index contributed by atoms with van der Waals surface area (Å²) in [5, 5.41) is 2.45. The van der Waals surface area contributed by atoms with E-state index in [4.69, 9.17) is 4.42 Å². The summed E-state index contributed by atoms with van der Waals surface area (Å²) in [5.74, 6) is -0.347. The molecule has 1 aromatic heterocycles. The highest BCUT2D eigenvalue weighted by Gasteiger charge is 2.13. The van der Waals surface area contributed by atoms with Crippen LogP contribution in [-0.2, 0) is 14.3 Å². The summed E-state index contributed by atoms with van der Waals surface area (Å²) in [4.78, 5) is 22.4. The Morgan fingerprint density at radius 1 is 1.53 bits per heavy atom. The standard InChI is InChI=1S/C11H12BrNO4/c1-7(11(15)16-2)13-10(14)6-4-8-3-5-9(12)17-8/h3-7H,1-2H3,(H,13,14)/b6-4-/t7-/m1/s1. The summed E-state index contributed by atoms with van der Waals surface area (Å²) < 4.78 is 10.2. The number of carbonyl (C=O) groups excluding carboxylic acids is 2. The van der Waals surface area contributed by atoms with Gasteiger partial charge in [-0.2, -0.15) is 0 Å². The van der Waals surface area contributed by atoms with E-state index in [1.807, 2.05) is 0 Å². The van der Waals surface area contributed by atoms with Crippen LogP contribution in [0.1, 0.15) is 12.7 Å². The van der Waals surface area contributed by atoms with Crippen molar-refractivity contribution >= 4 is 33.9 Å². The summed E-state index contributed by atoms with van der Waals surface area (Å²) in [6.07, 6.45) is 2.79. The molecule has 17 heavy (non-hydrogen) atoms. The molecule has 0 unspecified atom stereocenters. The predicted octanol–water partition coefficient (Wildman–Crippen LogP) is 1.73. The predicted molar refractivity (Wildman–Crippen MR) is 65.1 cm³/mol. The number of rotatable bonds is 4. The maximum absolute atomic E-state index is 11.4. The van der Waals surface area contributed by atoms with Crippen molar-refractivity contribution in [3.05, 3.63) is 28.6 Å². The van der Waals surface area contributed by atoms with Crippen LogP contribution < -0.4 is 5.32 Å². The molecule has 1 amide bonds. The summed E-state index contributed by atoms with van der Waals surface area (Å²) in [7, 11) is 1.27. The number of ether oxygens (including phenoxy) is 1. The van der Waals surface area contributed by atoms with Crippen molar-refractivity contribution in [2.75, 3.05) is 7.11 Å². The third-order valence-electron chi connectivity index (χ3n) is 1.91. The molecule has 0 radical (unpaired) electrons. The number of hydrogen-bond acceptors (Lipinski definition) is 4. The van der Waals surface area contributed by atoms with Crippen LogP contribution in [0.4, 0.5) is 0 Å². The molecule has 6 heteroatoms. The number of hydrogen-bond donors (Lipinski definition) is 1. The fraction of sp³-hybridized carbons (Fsp3) is 0.273. The van der Waals surface area contributed by atoms with Gasteiger partial charge in [-0.15, -0.1) is 0 Å². The van der Waals surface area contributed by atoms with Crippen molar-refractivity contribution < 1.29 is 18.7 Å². The molecule has 0 aliphatic rings. The normalized spacial score (nSPS) is 12.4. The minimum atomic E-state index is -0.680. The Hall–Kier alpha value is -1.56. The second-order valence-corrected chi connectivity index (χ2v) is 4.01. The van der Waals surface area contributed by atoms with Gasteiger partial charge in [0.2, 0.25) is 5.91 Å². The highest BCUT2D eigenvalue weighted by atomic mass is 79.9. The first kappa shape index (κ1) is 13.5. The molecule has 1 rings (SSSR count). The zero-order chi connectivity index (χ0) is 12.8. The molecule has 92 valence electrons. The van der Waals surface area contributed by atoms with Crippen LogP contribution in [0.25, 0.3) is 6.08 Å². The smallest absolute Gasteiger partial charge is 0.328 e. The summed E-state index contributed by atoms with van der Waals surface area (Å²) in [6.45, 7) is 1.54. The maximum atomic E-state index is 11.4. The molecular formula is C11H12BrNO4. The van der Waals surface area contributed by atoms with E-state index >= 15 is 0 Å². The van der Waals surface area contributed by atoms with Crippen molar-refractivity contribution in [3.8, 4) is 0 Å².